The molecule has 0 spiro atoms. The van der Waals surface area contributed by atoms with Gasteiger partial charge in [0.15, 0.2) is 0 Å². The zero-order valence-corrected chi connectivity index (χ0v) is 18.7. The lowest BCUT2D eigenvalue weighted by molar-refractivity contribution is -0.137. The molecule has 3 unspecified atom stereocenters. The summed E-state index contributed by atoms with van der Waals surface area (Å²) in [6.07, 6.45) is 11.9. The van der Waals surface area contributed by atoms with Crippen molar-refractivity contribution in [2.75, 3.05) is 0 Å². The van der Waals surface area contributed by atoms with E-state index in [1.165, 1.54) is 25.7 Å². The molecule has 0 saturated heterocycles. The Labute approximate surface area is 162 Å². The van der Waals surface area contributed by atoms with E-state index in [9.17, 15) is 20.1 Å². The highest BCUT2D eigenvalue weighted by Crippen LogP contribution is 2.28. The number of aliphatic hydroxyl groups is 2. The third-order valence-corrected chi connectivity index (χ3v) is 8.01. The van der Waals surface area contributed by atoms with Gasteiger partial charge in [-0.2, -0.15) is 0 Å². The smallest absolute Gasteiger partial charge is 0.303 e. The molecule has 0 radical (unpaired) electrons. The minimum absolute atomic E-state index is 0.160. The number of rotatable bonds is 17. The molecule has 0 aromatic heterocycles. The van der Waals surface area contributed by atoms with Gasteiger partial charge in [-0.25, -0.2) is 0 Å². The van der Waals surface area contributed by atoms with E-state index in [2.05, 4.69) is 26.6 Å². The van der Waals surface area contributed by atoms with Crippen molar-refractivity contribution < 1.29 is 20.1 Å². The van der Waals surface area contributed by atoms with Gasteiger partial charge in [0.25, 0.3) is 0 Å². The zero-order chi connectivity index (χ0) is 20.0. The van der Waals surface area contributed by atoms with E-state index >= 15 is 0 Å². The first-order valence-electron chi connectivity index (χ1n) is 10.8. The molecule has 0 rings (SSSR count). The molecule has 0 aromatic carbocycles. The normalized spacial score (nSPS) is 15.6. The van der Waals surface area contributed by atoms with Crippen LogP contribution in [0.25, 0.3) is 0 Å². The summed E-state index contributed by atoms with van der Waals surface area (Å²) in [5, 5.41) is 29.4. The fourth-order valence-corrected chi connectivity index (χ4v) is 5.31. The summed E-state index contributed by atoms with van der Waals surface area (Å²) in [6, 6.07) is 0. The van der Waals surface area contributed by atoms with Gasteiger partial charge >= 0.3 is 5.97 Å². The van der Waals surface area contributed by atoms with Gasteiger partial charge in [0.1, 0.15) is 0 Å². The molecule has 3 atom stereocenters. The number of unbranched alkanes of at least 4 members (excludes halogenated alkanes) is 8. The van der Waals surface area contributed by atoms with Gasteiger partial charge in [-0.3, -0.25) is 4.79 Å². The van der Waals surface area contributed by atoms with Crippen molar-refractivity contribution >= 4 is 14.0 Å². The Hall–Kier alpha value is -0.393. The monoisotopic (exact) mass is 388 g/mol. The first-order chi connectivity index (χ1) is 12.2. The lowest BCUT2D eigenvalue weighted by Crippen LogP contribution is -2.33. The molecule has 0 bridgehead atoms. The van der Waals surface area contributed by atoms with E-state index in [4.69, 9.17) is 0 Å². The van der Waals surface area contributed by atoms with E-state index in [0.717, 1.165) is 44.9 Å². The van der Waals surface area contributed by atoms with Crippen molar-refractivity contribution in [2.24, 2.45) is 0 Å². The second kappa shape index (κ2) is 14.6. The van der Waals surface area contributed by atoms with Gasteiger partial charge in [-0.05, 0) is 19.3 Å². The molecule has 0 saturated carbocycles. The molecule has 0 heterocycles. The zero-order valence-electron chi connectivity index (χ0n) is 17.7. The average Bonchev–Trinajstić information content (AvgIpc) is 2.55. The standard InChI is InChI=1S/C21H44O4Si/c1-5-6-7-8-9-12-15-18(22)19(23)16-13-10-11-14-17-20(21(24)25)26(2,3)4/h18-20,22-23H,5-17H2,1-4H3,(H,24,25). The third kappa shape index (κ3) is 12.9. The van der Waals surface area contributed by atoms with Gasteiger partial charge in [-0.15, -0.1) is 0 Å². The molecular weight excluding hydrogens is 344 g/mol. The quantitative estimate of drug-likeness (QED) is 0.224. The fourth-order valence-electron chi connectivity index (χ4n) is 3.50. The summed E-state index contributed by atoms with van der Waals surface area (Å²) in [6.45, 7) is 8.56. The maximum Gasteiger partial charge on any atom is 0.303 e. The number of carbonyl (C=O) groups is 1. The van der Waals surface area contributed by atoms with Crippen LogP contribution in [0.1, 0.15) is 90.4 Å². The second-order valence-corrected chi connectivity index (χ2v) is 14.4. The van der Waals surface area contributed by atoms with Crippen LogP contribution < -0.4 is 0 Å². The van der Waals surface area contributed by atoms with Crippen molar-refractivity contribution in [3.63, 3.8) is 0 Å². The minimum Gasteiger partial charge on any atom is -0.481 e. The molecule has 0 fully saturated rings. The largest absolute Gasteiger partial charge is 0.481 e. The van der Waals surface area contributed by atoms with E-state index in [-0.39, 0.29) is 5.54 Å². The average molecular weight is 389 g/mol. The van der Waals surface area contributed by atoms with E-state index in [0.29, 0.717) is 12.8 Å². The Kier molecular flexibility index (Phi) is 14.4. The van der Waals surface area contributed by atoms with Crippen LogP contribution in [-0.4, -0.2) is 41.6 Å². The molecule has 26 heavy (non-hydrogen) atoms. The summed E-state index contributed by atoms with van der Waals surface area (Å²) in [4.78, 5) is 11.4. The number of aliphatic carboxylic acids is 1. The molecule has 5 heteroatoms. The number of hydrogen-bond acceptors (Lipinski definition) is 3. The second-order valence-electron chi connectivity index (χ2n) is 8.94. The lowest BCUT2D eigenvalue weighted by Gasteiger charge is -2.25. The highest BCUT2D eigenvalue weighted by Gasteiger charge is 2.32. The van der Waals surface area contributed by atoms with E-state index < -0.39 is 26.3 Å². The van der Waals surface area contributed by atoms with E-state index in [1.54, 1.807) is 0 Å². The summed E-state index contributed by atoms with van der Waals surface area (Å²) < 4.78 is 0. The van der Waals surface area contributed by atoms with Crippen LogP contribution in [-0.2, 0) is 4.79 Å². The highest BCUT2D eigenvalue weighted by atomic mass is 28.3. The van der Waals surface area contributed by atoms with Gasteiger partial charge in [0.05, 0.1) is 25.8 Å². The SMILES string of the molecule is CCCCCCCCC(O)C(O)CCCCCCC(C(=O)O)[Si](C)(C)C. The van der Waals surface area contributed by atoms with Crippen molar-refractivity contribution in [1.82, 2.24) is 0 Å². The highest BCUT2D eigenvalue weighted by molar-refractivity contribution is 6.80. The molecule has 0 aliphatic rings. The van der Waals surface area contributed by atoms with Gasteiger partial charge in [-0.1, -0.05) is 90.8 Å². The maximum absolute atomic E-state index is 11.4. The molecule has 0 aromatic rings. The maximum atomic E-state index is 11.4. The summed E-state index contributed by atoms with van der Waals surface area (Å²) in [7, 11) is -1.65. The molecule has 3 N–H and O–H groups in total. The van der Waals surface area contributed by atoms with Gasteiger partial charge in [0.2, 0.25) is 0 Å². The first-order valence-corrected chi connectivity index (χ1v) is 14.4. The van der Waals surface area contributed by atoms with Crippen molar-refractivity contribution in [1.29, 1.82) is 0 Å². The number of aliphatic hydroxyl groups excluding tert-OH is 2. The number of carboxylic acid groups (broad SMARTS) is 1. The van der Waals surface area contributed by atoms with Gasteiger partial charge < -0.3 is 15.3 Å². The van der Waals surface area contributed by atoms with Crippen LogP contribution in [0.15, 0.2) is 0 Å². The Morgan fingerprint density at radius 3 is 1.50 bits per heavy atom. The Morgan fingerprint density at radius 1 is 0.731 bits per heavy atom. The molecule has 156 valence electrons. The predicted octanol–water partition coefficient (Wildman–Crippen LogP) is 5.59. The van der Waals surface area contributed by atoms with Gasteiger partial charge in [0, 0.05) is 0 Å². The first kappa shape index (κ1) is 25.6. The van der Waals surface area contributed by atoms with Crippen LogP contribution in [0.4, 0.5) is 0 Å². The predicted molar refractivity (Wildman–Crippen MR) is 112 cm³/mol. The number of carboxylic acids is 1. The van der Waals surface area contributed by atoms with Crippen LogP contribution in [0, 0.1) is 0 Å². The molecule has 4 nitrogen and oxygen atoms in total. The summed E-state index contributed by atoms with van der Waals surface area (Å²) in [5.74, 6) is -0.641. The Morgan fingerprint density at radius 2 is 1.12 bits per heavy atom. The van der Waals surface area contributed by atoms with E-state index in [1.807, 2.05) is 0 Å². The Balaban J connectivity index is 3.72. The topological polar surface area (TPSA) is 77.8 Å². The van der Waals surface area contributed by atoms with Crippen LogP contribution in [0.3, 0.4) is 0 Å². The third-order valence-electron chi connectivity index (χ3n) is 5.38. The molecule has 0 aliphatic carbocycles. The van der Waals surface area contributed by atoms with Crippen LogP contribution >= 0.6 is 0 Å². The van der Waals surface area contributed by atoms with Crippen LogP contribution in [0.2, 0.25) is 25.2 Å². The fraction of sp³-hybridized carbons (Fsp3) is 0.952. The summed E-state index contributed by atoms with van der Waals surface area (Å²) in [5.41, 5.74) is -0.160. The number of hydrogen-bond donors (Lipinski definition) is 3. The summed E-state index contributed by atoms with van der Waals surface area (Å²) >= 11 is 0. The molecular formula is C21H44O4Si. The van der Waals surface area contributed by atoms with Crippen molar-refractivity contribution in [2.45, 2.75) is 128 Å². The lowest BCUT2D eigenvalue weighted by atomic mass is 9.99. The minimum atomic E-state index is -1.65. The van der Waals surface area contributed by atoms with Crippen LogP contribution in [0.5, 0.6) is 0 Å². The molecule has 0 aliphatic heterocycles. The molecule has 0 amide bonds. The van der Waals surface area contributed by atoms with Crippen molar-refractivity contribution in [3.8, 4) is 0 Å². The Bertz CT molecular complexity index is 354. The van der Waals surface area contributed by atoms with Crippen molar-refractivity contribution in [3.05, 3.63) is 0 Å².